The van der Waals surface area contributed by atoms with Gasteiger partial charge in [-0.2, -0.15) is 0 Å². The molecule has 1 rings (SSSR count). The number of sulfone groups is 1. The molecule has 1 aliphatic carbocycles. The summed E-state index contributed by atoms with van der Waals surface area (Å²) in [7, 11) is -2.95. The van der Waals surface area contributed by atoms with Crippen molar-refractivity contribution in [3.8, 4) is 0 Å². The molecule has 0 saturated heterocycles. The minimum Gasteiger partial charge on any atom is -0.315 e. The maximum atomic E-state index is 11.8. The van der Waals surface area contributed by atoms with Gasteiger partial charge in [0.25, 0.3) is 0 Å². The van der Waals surface area contributed by atoms with Gasteiger partial charge in [0.1, 0.15) is 0 Å². The molecule has 1 saturated carbocycles. The van der Waals surface area contributed by atoms with Crippen LogP contribution < -0.4 is 5.32 Å². The normalized spacial score (nSPS) is 33.5. The molecule has 1 N–H and O–H groups in total. The second kappa shape index (κ2) is 4.19. The van der Waals surface area contributed by atoms with Gasteiger partial charge in [0, 0.05) is 12.8 Å². The van der Waals surface area contributed by atoms with E-state index in [1.807, 2.05) is 6.92 Å². The Bertz CT molecular complexity index is 286. The number of nitrogens with one attached hydrogen (secondary N) is 1. The first kappa shape index (κ1) is 12.0. The van der Waals surface area contributed by atoms with Crippen molar-refractivity contribution in [1.82, 2.24) is 5.32 Å². The topological polar surface area (TPSA) is 46.2 Å². The van der Waals surface area contributed by atoms with Crippen molar-refractivity contribution >= 4 is 9.84 Å². The average Bonchev–Trinajstić information content (AvgIpc) is 2.43. The molecule has 14 heavy (non-hydrogen) atoms. The highest BCUT2D eigenvalue weighted by Crippen LogP contribution is 2.40. The Morgan fingerprint density at radius 3 is 2.50 bits per heavy atom. The van der Waals surface area contributed by atoms with E-state index < -0.39 is 14.6 Å². The monoisotopic (exact) mass is 219 g/mol. The van der Waals surface area contributed by atoms with Gasteiger partial charge in [-0.15, -0.1) is 0 Å². The van der Waals surface area contributed by atoms with Gasteiger partial charge < -0.3 is 5.32 Å². The SMILES string of the molecule is CCNCC1(S(C)(=O)=O)CCCC1C. The number of hydrogen-bond acceptors (Lipinski definition) is 3. The summed E-state index contributed by atoms with van der Waals surface area (Å²) in [5, 5.41) is 3.19. The second-order valence-corrected chi connectivity index (χ2v) is 6.77. The van der Waals surface area contributed by atoms with Crippen LogP contribution in [0.25, 0.3) is 0 Å². The van der Waals surface area contributed by atoms with Crippen molar-refractivity contribution in [2.45, 2.75) is 37.9 Å². The van der Waals surface area contributed by atoms with Crippen molar-refractivity contribution in [2.75, 3.05) is 19.3 Å². The molecule has 0 aliphatic heterocycles. The molecule has 2 unspecified atom stereocenters. The lowest BCUT2D eigenvalue weighted by Crippen LogP contribution is -2.48. The quantitative estimate of drug-likeness (QED) is 0.773. The smallest absolute Gasteiger partial charge is 0.154 e. The van der Waals surface area contributed by atoms with E-state index in [0.717, 1.165) is 25.8 Å². The molecular weight excluding hydrogens is 198 g/mol. The van der Waals surface area contributed by atoms with Crippen LogP contribution in [0.1, 0.15) is 33.1 Å². The summed E-state index contributed by atoms with van der Waals surface area (Å²) in [6.07, 6.45) is 4.28. The fourth-order valence-corrected chi connectivity index (χ4v) is 4.23. The molecule has 0 heterocycles. The zero-order chi connectivity index (χ0) is 10.8. The van der Waals surface area contributed by atoms with Crippen LogP contribution in [-0.2, 0) is 9.84 Å². The second-order valence-electron chi connectivity index (χ2n) is 4.41. The van der Waals surface area contributed by atoms with Gasteiger partial charge in [-0.1, -0.05) is 20.3 Å². The summed E-state index contributed by atoms with van der Waals surface area (Å²) in [6, 6.07) is 0. The summed E-state index contributed by atoms with van der Waals surface area (Å²) >= 11 is 0. The van der Waals surface area contributed by atoms with Crippen LogP contribution in [0.4, 0.5) is 0 Å². The highest BCUT2D eigenvalue weighted by Gasteiger charge is 2.48. The average molecular weight is 219 g/mol. The van der Waals surface area contributed by atoms with Crippen LogP contribution in [0.15, 0.2) is 0 Å². The Morgan fingerprint density at radius 2 is 2.14 bits per heavy atom. The van der Waals surface area contributed by atoms with E-state index in [1.165, 1.54) is 6.26 Å². The van der Waals surface area contributed by atoms with Gasteiger partial charge >= 0.3 is 0 Å². The third kappa shape index (κ3) is 1.96. The Morgan fingerprint density at radius 1 is 1.50 bits per heavy atom. The molecule has 0 aromatic rings. The van der Waals surface area contributed by atoms with E-state index in [2.05, 4.69) is 12.2 Å². The largest absolute Gasteiger partial charge is 0.315 e. The Labute approximate surface area is 87.2 Å². The van der Waals surface area contributed by atoms with Crippen LogP contribution >= 0.6 is 0 Å². The van der Waals surface area contributed by atoms with E-state index in [1.54, 1.807) is 0 Å². The molecular formula is C10H21NO2S. The highest BCUT2D eigenvalue weighted by molar-refractivity contribution is 7.92. The summed E-state index contributed by atoms with van der Waals surface area (Å²) in [6.45, 7) is 5.52. The number of hydrogen-bond donors (Lipinski definition) is 1. The summed E-state index contributed by atoms with van der Waals surface area (Å²) in [5.41, 5.74) is 0. The minimum atomic E-state index is -2.95. The molecule has 2 atom stereocenters. The van der Waals surface area contributed by atoms with Gasteiger partial charge in [-0.25, -0.2) is 8.42 Å². The maximum absolute atomic E-state index is 11.8. The van der Waals surface area contributed by atoms with E-state index >= 15 is 0 Å². The lowest BCUT2D eigenvalue weighted by molar-refractivity contribution is 0.408. The fourth-order valence-electron chi connectivity index (χ4n) is 2.50. The highest BCUT2D eigenvalue weighted by atomic mass is 32.2. The zero-order valence-electron chi connectivity index (χ0n) is 9.34. The lowest BCUT2D eigenvalue weighted by atomic mass is 9.97. The van der Waals surface area contributed by atoms with Crippen molar-refractivity contribution in [3.05, 3.63) is 0 Å². The Kier molecular flexibility index (Phi) is 3.58. The van der Waals surface area contributed by atoms with Crippen LogP contribution in [0.3, 0.4) is 0 Å². The van der Waals surface area contributed by atoms with Crippen molar-refractivity contribution < 1.29 is 8.42 Å². The molecule has 3 nitrogen and oxygen atoms in total. The third-order valence-electron chi connectivity index (χ3n) is 3.55. The predicted octanol–water partition coefficient (Wildman–Crippen LogP) is 1.20. The maximum Gasteiger partial charge on any atom is 0.154 e. The van der Waals surface area contributed by atoms with Gasteiger partial charge in [0.15, 0.2) is 9.84 Å². The standard InChI is InChI=1S/C10H21NO2S/c1-4-11-8-10(14(3,12)13)7-5-6-9(10)2/h9,11H,4-8H2,1-3H3. The first-order chi connectivity index (χ1) is 6.44. The first-order valence-electron chi connectivity index (χ1n) is 5.34. The van der Waals surface area contributed by atoms with Crippen molar-refractivity contribution in [3.63, 3.8) is 0 Å². The van der Waals surface area contributed by atoms with E-state index in [4.69, 9.17) is 0 Å². The van der Waals surface area contributed by atoms with Crippen molar-refractivity contribution in [1.29, 1.82) is 0 Å². The molecule has 0 aromatic carbocycles. The summed E-state index contributed by atoms with van der Waals surface area (Å²) in [4.78, 5) is 0. The van der Waals surface area contributed by atoms with Crippen LogP contribution in [-0.4, -0.2) is 32.5 Å². The molecule has 0 amide bonds. The number of rotatable bonds is 4. The molecule has 0 spiro atoms. The van der Waals surface area contributed by atoms with Crippen LogP contribution in [0, 0.1) is 5.92 Å². The molecule has 0 bridgehead atoms. The molecule has 1 fully saturated rings. The summed E-state index contributed by atoms with van der Waals surface area (Å²) < 4.78 is 23.2. The first-order valence-corrected chi connectivity index (χ1v) is 7.23. The molecule has 4 heteroatoms. The van der Waals surface area contributed by atoms with Gasteiger partial charge in [0.2, 0.25) is 0 Å². The molecule has 0 radical (unpaired) electrons. The van der Waals surface area contributed by atoms with Crippen molar-refractivity contribution in [2.24, 2.45) is 5.92 Å². The van der Waals surface area contributed by atoms with Gasteiger partial charge in [-0.3, -0.25) is 0 Å². The minimum absolute atomic E-state index is 0.288. The fraction of sp³-hybridized carbons (Fsp3) is 1.00. The third-order valence-corrected chi connectivity index (χ3v) is 5.78. The summed E-state index contributed by atoms with van der Waals surface area (Å²) in [5.74, 6) is 0.288. The van der Waals surface area contributed by atoms with E-state index in [-0.39, 0.29) is 5.92 Å². The zero-order valence-corrected chi connectivity index (χ0v) is 10.2. The lowest BCUT2D eigenvalue weighted by Gasteiger charge is -2.32. The molecule has 84 valence electrons. The predicted molar refractivity (Wildman–Crippen MR) is 59.1 cm³/mol. The van der Waals surface area contributed by atoms with Crippen LogP contribution in [0.2, 0.25) is 0 Å². The van der Waals surface area contributed by atoms with E-state index in [9.17, 15) is 8.42 Å². The molecule has 0 aromatic heterocycles. The van der Waals surface area contributed by atoms with E-state index in [0.29, 0.717) is 6.54 Å². The Balaban J connectivity index is 2.91. The Hall–Kier alpha value is -0.0900. The van der Waals surface area contributed by atoms with Gasteiger partial charge in [0.05, 0.1) is 4.75 Å². The van der Waals surface area contributed by atoms with Gasteiger partial charge in [-0.05, 0) is 25.3 Å². The van der Waals surface area contributed by atoms with Crippen LogP contribution in [0.5, 0.6) is 0 Å². The molecule has 1 aliphatic rings.